The maximum atomic E-state index is 11.2. The fraction of sp³-hybridized carbons (Fsp3) is 0.417. The summed E-state index contributed by atoms with van der Waals surface area (Å²) in [4.78, 5) is 16.0. The predicted octanol–water partition coefficient (Wildman–Crippen LogP) is -0.0892. The second-order valence-electron chi connectivity index (χ2n) is 4.52. The molecule has 2 rings (SSSR count). The number of hydrogen-bond acceptors (Lipinski definition) is 3. The standard InChI is InChI=1S/C12H18B2N2O/c1-10(17)11-2-4-12(5-3-11)15-6-8-16(14-13)9-7-15/h2-5,14H,6-9,13H2,1H3. The van der Waals surface area contributed by atoms with Crippen LogP contribution in [0.1, 0.15) is 17.3 Å². The normalized spacial score (nSPS) is 16.9. The number of carbonyl (C=O) groups excluding carboxylic acids is 1. The average Bonchev–Trinajstić information content (AvgIpc) is 2.39. The van der Waals surface area contributed by atoms with E-state index < -0.39 is 0 Å². The molecule has 0 saturated carbocycles. The molecular formula is C12H18B2N2O. The molecule has 0 radical (unpaired) electrons. The Morgan fingerprint density at radius 1 is 1.18 bits per heavy atom. The average molecular weight is 228 g/mol. The monoisotopic (exact) mass is 228 g/mol. The van der Waals surface area contributed by atoms with Gasteiger partial charge in [-0.15, -0.1) is 0 Å². The predicted molar refractivity (Wildman–Crippen MR) is 75.9 cm³/mol. The van der Waals surface area contributed by atoms with Crippen LogP contribution in [0.15, 0.2) is 24.3 Å². The van der Waals surface area contributed by atoms with Crippen LogP contribution in [-0.2, 0) is 0 Å². The van der Waals surface area contributed by atoms with E-state index in [1.165, 1.54) is 5.69 Å². The van der Waals surface area contributed by atoms with Crippen LogP contribution in [0.5, 0.6) is 0 Å². The third-order valence-electron chi connectivity index (χ3n) is 3.46. The first-order chi connectivity index (χ1) is 8.20. The Kier molecular flexibility index (Phi) is 3.89. The van der Waals surface area contributed by atoms with Gasteiger partial charge in [-0.05, 0) is 31.2 Å². The molecule has 1 aromatic carbocycles. The van der Waals surface area contributed by atoms with E-state index in [9.17, 15) is 4.79 Å². The summed E-state index contributed by atoms with van der Waals surface area (Å²) in [5, 5.41) is 0. The van der Waals surface area contributed by atoms with Gasteiger partial charge in [0, 0.05) is 37.4 Å². The largest absolute Gasteiger partial charge is 0.369 e. The molecule has 5 heteroatoms. The molecule has 1 fully saturated rings. The summed E-state index contributed by atoms with van der Waals surface area (Å²) in [5.41, 5.74) is 2.02. The van der Waals surface area contributed by atoms with Gasteiger partial charge in [0.25, 0.3) is 0 Å². The van der Waals surface area contributed by atoms with Crippen LogP contribution < -0.4 is 4.90 Å². The summed E-state index contributed by atoms with van der Waals surface area (Å²) >= 11 is 0. The lowest BCUT2D eigenvalue weighted by atomic mass is 9.65. The quantitative estimate of drug-likeness (QED) is 0.533. The van der Waals surface area contributed by atoms with Crippen LogP contribution >= 0.6 is 0 Å². The van der Waals surface area contributed by atoms with Crippen molar-refractivity contribution in [3.8, 4) is 0 Å². The van der Waals surface area contributed by atoms with E-state index in [0.717, 1.165) is 39.0 Å². The van der Waals surface area contributed by atoms with Crippen molar-refractivity contribution in [2.75, 3.05) is 31.1 Å². The Hall–Kier alpha value is -1.22. The summed E-state index contributed by atoms with van der Waals surface area (Å²) in [7, 11) is 3.34. The number of piperazine rings is 1. The Morgan fingerprint density at radius 3 is 2.24 bits per heavy atom. The Bertz CT molecular complexity index is 386. The van der Waals surface area contributed by atoms with Gasteiger partial charge in [-0.1, -0.05) is 0 Å². The van der Waals surface area contributed by atoms with Gasteiger partial charge in [-0.2, -0.15) is 0 Å². The molecule has 3 nitrogen and oxygen atoms in total. The Labute approximate surface area is 104 Å². The van der Waals surface area contributed by atoms with Gasteiger partial charge >= 0.3 is 0 Å². The van der Waals surface area contributed by atoms with Crippen molar-refractivity contribution in [3.63, 3.8) is 0 Å². The minimum absolute atomic E-state index is 0.132. The lowest BCUT2D eigenvalue weighted by Gasteiger charge is -2.35. The maximum absolute atomic E-state index is 11.2. The van der Waals surface area contributed by atoms with Crippen molar-refractivity contribution < 1.29 is 4.79 Å². The zero-order chi connectivity index (χ0) is 12.3. The minimum Gasteiger partial charge on any atom is -0.369 e. The van der Waals surface area contributed by atoms with Crippen molar-refractivity contribution in [2.45, 2.75) is 6.92 Å². The number of ketones is 1. The van der Waals surface area contributed by atoms with E-state index in [2.05, 4.69) is 29.6 Å². The van der Waals surface area contributed by atoms with Crippen molar-refractivity contribution in [1.29, 1.82) is 0 Å². The topological polar surface area (TPSA) is 23.6 Å². The zero-order valence-electron chi connectivity index (χ0n) is 10.6. The molecule has 88 valence electrons. The number of rotatable bonds is 3. The number of hydrogen-bond donors (Lipinski definition) is 0. The van der Waals surface area contributed by atoms with Crippen LogP contribution in [-0.4, -0.2) is 51.8 Å². The minimum atomic E-state index is 0.132. The lowest BCUT2D eigenvalue weighted by Crippen LogP contribution is -2.47. The van der Waals surface area contributed by atoms with E-state index in [1.807, 2.05) is 12.1 Å². The Balaban J connectivity index is 2.01. The van der Waals surface area contributed by atoms with Crippen molar-refractivity contribution in [3.05, 3.63) is 29.8 Å². The molecular weight excluding hydrogens is 210 g/mol. The van der Waals surface area contributed by atoms with Crippen molar-refractivity contribution >= 4 is 26.5 Å². The number of nitrogens with zero attached hydrogens (tertiary/aromatic N) is 2. The zero-order valence-corrected chi connectivity index (χ0v) is 10.6. The Morgan fingerprint density at radius 2 is 1.76 bits per heavy atom. The SMILES string of the molecule is BBN1CCN(c2ccc(C(C)=O)cc2)CC1. The molecule has 0 unspecified atom stereocenters. The molecule has 0 atom stereocenters. The van der Waals surface area contributed by atoms with Crippen molar-refractivity contribution in [2.24, 2.45) is 0 Å². The number of anilines is 1. The summed E-state index contributed by atoms with van der Waals surface area (Å²) in [5.74, 6) is 0.132. The highest BCUT2D eigenvalue weighted by Crippen LogP contribution is 2.17. The number of benzene rings is 1. The van der Waals surface area contributed by atoms with Crippen LogP contribution in [0.3, 0.4) is 0 Å². The molecule has 1 heterocycles. The highest BCUT2D eigenvalue weighted by Gasteiger charge is 2.15. The smallest absolute Gasteiger partial charge is 0.161 e. The molecule has 1 aliphatic rings. The highest BCUT2D eigenvalue weighted by molar-refractivity contribution is 6.87. The van der Waals surface area contributed by atoms with Crippen LogP contribution in [0, 0.1) is 0 Å². The number of Topliss-reactive ketones (excluding diaryl/α,β-unsaturated/α-hetero) is 1. The van der Waals surface area contributed by atoms with Gasteiger partial charge in [0.2, 0.25) is 0 Å². The van der Waals surface area contributed by atoms with Gasteiger partial charge in [0.05, 0.1) is 7.74 Å². The van der Waals surface area contributed by atoms with E-state index in [1.54, 1.807) is 6.92 Å². The summed E-state index contributed by atoms with van der Waals surface area (Å²) in [6.07, 6.45) is 0. The van der Waals surface area contributed by atoms with E-state index in [4.69, 9.17) is 0 Å². The molecule has 1 saturated heterocycles. The molecule has 1 aromatic rings. The van der Waals surface area contributed by atoms with Gasteiger partial charge in [0.15, 0.2) is 13.1 Å². The summed E-state index contributed by atoms with van der Waals surface area (Å²) in [6, 6.07) is 7.95. The number of carbonyl (C=O) groups is 1. The third-order valence-corrected chi connectivity index (χ3v) is 3.46. The fourth-order valence-electron chi connectivity index (χ4n) is 2.23. The van der Waals surface area contributed by atoms with Gasteiger partial charge in [0.1, 0.15) is 0 Å². The maximum Gasteiger partial charge on any atom is 0.161 e. The van der Waals surface area contributed by atoms with Crippen LogP contribution in [0.25, 0.3) is 0 Å². The molecule has 0 spiro atoms. The van der Waals surface area contributed by atoms with Gasteiger partial charge < -0.3 is 9.71 Å². The first kappa shape index (κ1) is 12.2. The fourth-order valence-corrected chi connectivity index (χ4v) is 2.23. The van der Waals surface area contributed by atoms with Crippen molar-refractivity contribution in [1.82, 2.24) is 4.81 Å². The van der Waals surface area contributed by atoms with E-state index in [-0.39, 0.29) is 5.78 Å². The van der Waals surface area contributed by atoms with Crippen LogP contribution in [0.4, 0.5) is 5.69 Å². The lowest BCUT2D eigenvalue weighted by molar-refractivity contribution is 0.101. The molecule has 1 aliphatic heterocycles. The first-order valence-corrected chi connectivity index (χ1v) is 6.29. The summed E-state index contributed by atoms with van der Waals surface area (Å²) < 4.78 is 0. The third kappa shape index (κ3) is 2.91. The van der Waals surface area contributed by atoms with Crippen LogP contribution in [0.2, 0.25) is 0 Å². The van der Waals surface area contributed by atoms with E-state index >= 15 is 0 Å². The second kappa shape index (κ2) is 5.41. The summed E-state index contributed by atoms with van der Waals surface area (Å²) in [6.45, 7) is 6.02. The van der Waals surface area contributed by atoms with Gasteiger partial charge in [-0.25, -0.2) is 0 Å². The highest BCUT2D eigenvalue weighted by atomic mass is 16.1. The molecule has 0 amide bonds. The molecule has 0 N–H and O–H groups in total. The molecule has 0 aromatic heterocycles. The molecule has 0 bridgehead atoms. The first-order valence-electron chi connectivity index (χ1n) is 6.29. The molecule has 0 aliphatic carbocycles. The second-order valence-corrected chi connectivity index (χ2v) is 4.52. The van der Waals surface area contributed by atoms with Gasteiger partial charge in [-0.3, -0.25) is 4.79 Å². The molecule has 17 heavy (non-hydrogen) atoms. The van der Waals surface area contributed by atoms with E-state index in [0.29, 0.717) is 0 Å².